The van der Waals surface area contributed by atoms with Gasteiger partial charge in [0, 0.05) is 40.0 Å². The van der Waals surface area contributed by atoms with E-state index >= 15 is 0 Å². The molecule has 0 spiro atoms. The van der Waals surface area contributed by atoms with Crippen molar-refractivity contribution in [2.45, 2.75) is 13.8 Å². The van der Waals surface area contributed by atoms with Crippen LogP contribution in [0.2, 0.25) is 0 Å². The predicted molar refractivity (Wildman–Crippen MR) is 103 cm³/mol. The number of nitrogens with zero attached hydrogens (tertiary/aromatic N) is 1. The number of carbonyl (C=O) groups is 4. The van der Waals surface area contributed by atoms with E-state index in [4.69, 9.17) is 9.47 Å². The summed E-state index contributed by atoms with van der Waals surface area (Å²) in [5.74, 6) is -0.638. The molecular formula is C17H33N5O6. The quantitative estimate of drug-likeness (QED) is 0.208. The fourth-order valence-electron chi connectivity index (χ4n) is 1.99. The SMILES string of the molecule is CC(=O)NCCOCCNC(=O)CN(C)CC(=O)NCCOCCNC(C)=O. The summed E-state index contributed by atoms with van der Waals surface area (Å²) in [7, 11) is 1.67. The summed E-state index contributed by atoms with van der Waals surface area (Å²) in [5.41, 5.74) is 0. The topological polar surface area (TPSA) is 138 Å². The molecule has 0 radical (unpaired) electrons. The predicted octanol–water partition coefficient (Wildman–Crippen LogP) is -2.54. The average Bonchev–Trinajstić information content (AvgIpc) is 2.59. The fourth-order valence-corrected chi connectivity index (χ4v) is 1.99. The lowest BCUT2D eigenvalue weighted by Gasteiger charge is -2.16. The van der Waals surface area contributed by atoms with Crippen molar-refractivity contribution in [3.8, 4) is 0 Å². The molecule has 0 atom stereocenters. The van der Waals surface area contributed by atoms with Crippen LogP contribution in [0.1, 0.15) is 13.8 Å². The van der Waals surface area contributed by atoms with Gasteiger partial charge in [0.1, 0.15) is 0 Å². The molecule has 0 rings (SSSR count). The van der Waals surface area contributed by atoms with E-state index in [-0.39, 0.29) is 36.7 Å². The van der Waals surface area contributed by atoms with Crippen LogP contribution in [-0.4, -0.2) is 101 Å². The van der Waals surface area contributed by atoms with Crippen LogP contribution < -0.4 is 21.3 Å². The molecule has 11 heteroatoms. The molecule has 162 valence electrons. The van der Waals surface area contributed by atoms with Crippen molar-refractivity contribution in [3.05, 3.63) is 0 Å². The second kappa shape index (κ2) is 16.9. The van der Waals surface area contributed by atoms with E-state index in [1.54, 1.807) is 11.9 Å². The normalized spacial score (nSPS) is 10.4. The van der Waals surface area contributed by atoms with Crippen LogP contribution in [0.3, 0.4) is 0 Å². The van der Waals surface area contributed by atoms with Gasteiger partial charge in [-0.05, 0) is 7.05 Å². The maximum atomic E-state index is 11.8. The molecule has 0 unspecified atom stereocenters. The lowest BCUT2D eigenvalue weighted by Crippen LogP contribution is -2.42. The average molecular weight is 403 g/mol. The summed E-state index contributed by atoms with van der Waals surface area (Å²) in [4.78, 5) is 46.5. The molecule has 0 aromatic carbocycles. The van der Waals surface area contributed by atoms with Crippen LogP contribution in [-0.2, 0) is 28.7 Å². The minimum Gasteiger partial charge on any atom is -0.378 e. The van der Waals surface area contributed by atoms with Gasteiger partial charge in [0.15, 0.2) is 0 Å². The van der Waals surface area contributed by atoms with Crippen LogP contribution in [0, 0.1) is 0 Å². The Morgan fingerprint density at radius 1 is 0.643 bits per heavy atom. The molecule has 0 aromatic rings. The summed E-state index contributed by atoms with van der Waals surface area (Å²) in [6.45, 7) is 6.07. The number of ether oxygens (including phenoxy) is 2. The van der Waals surface area contributed by atoms with Gasteiger partial charge < -0.3 is 30.7 Å². The standard InChI is InChI=1S/C17H33N5O6/c1-14(23)18-4-8-27-10-6-20-16(25)12-22(3)13-17(26)21-7-11-28-9-5-19-15(2)24/h4-13H2,1-3H3,(H,18,23)(H,19,24)(H,20,25)(H,21,26). The van der Waals surface area contributed by atoms with E-state index in [0.29, 0.717) is 52.6 Å². The van der Waals surface area contributed by atoms with Gasteiger partial charge in [0.05, 0.1) is 39.5 Å². The summed E-state index contributed by atoms with van der Waals surface area (Å²) in [6, 6.07) is 0. The molecule has 0 bridgehead atoms. The Morgan fingerprint density at radius 3 is 1.29 bits per heavy atom. The third kappa shape index (κ3) is 18.5. The third-order valence-electron chi connectivity index (χ3n) is 3.20. The van der Waals surface area contributed by atoms with Crippen molar-refractivity contribution < 1.29 is 28.7 Å². The molecule has 0 fully saturated rings. The summed E-state index contributed by atoms with van der Waals surface area (Å²) < 4.78 is 10.5. The summed E-state index contributed by atoms with van der Waals surface area (Å²) in [5, 5.41) is 10.6. The number of rotatable bonds is 16. The molecule has 4 N–H and O–H groups in total. The van der Waals surface area contributed by atoms with Crippen LogP contribution in [0.5, 0.6) is 0 Å². The Bertz CT molecular complexity index is 447. The van der Waals surface area contributed by atoms with Crippen molar-refractivity contribution >= 4 is 23.6 Å². The highest BCUT2D eigenvalue weighted by Crippen LogP contribution is 1.83. The zero-order valence-corrected chi connectivity index (χ0v) is 17.0. The van der Waals surface area contributed by atoms with E-state index < -0.39 is 0 Å². The second-order valence-corrected chi connectivity index (χ2v) is 6.06. The Balaban J connectivity index is 3.58. The molecule has 0 aliphatic rings. The van der Waals surface area contributed by atoms with Crippen molar-refractivity contribution in [2.75, 3.05) is 72.7 Å². The van der Waals surface area contributed by atoms with Crippen molar-refractivity contribution in [1.82, 2.24) is 26.2 Å². The Labute approximate surface area is 165 Å². The van der Waals surface area contributed by atoms with Gasteiger partial charge in [-0.1, -0.05) is 0 Å². The van der Waals surface area contributed by atoms with E-state index in [2.05, 4.69) is 21.3 Å². The number of likely N-dealkylation sites (N-methyl/N-ethyl adjacent to an activating group) is 1. The molecule has 28 heavy (non-hydrogen) atoms. The maximum Gasteiger partial charge on any atom is 0.234 e. The number of hydrogen-bond acceptors (Lipinski definition) is 7. The molecular weight excluding hydrogens is 370 g/mol. The van der Waals surface area contributed by atoms with Crippen molar-refractivity contribution in [1.29, 1.82) is 0 Å². The number of carbonyl (C=O) groups excluding carboxylic acids is 4. The van der Waals surface area contributed by atoms with E-state index in [1.807, 2.05) is 0 Å². The molecule has 11 nitrogen and oxygen atoms in total. The molecule has 0 aliphatic heterocycles. The van der Waals surface area contributed by atoms with E-state index in [9.17, 15) is 19.2 Å². The second-order valence-electron chi connectivity index (χ2n) is 6.06. The largest absolute Gasteiger partial charge is 0.378 e. The van der Waals surface area contributed by atoms with E-state index in [1.165, 1.54) is 13.8 Å². The molecule has 4 amide bonds. The van der Waals surface area contributed by atoms with Crippen LogP contribution >= 0.6 is 0 Å². The number of amides is 4. The molecule has 0 aromatic heterocycles. The number of nitrogens with one attached hydrogen (secondary N) is 4. The van der Waals surface area contributed by atoms with Gasteiger partial charge in [0.2, 0.25) is 23.6 Å². The first-order valence-electron chi connectivity index (χ1n) is 9.17. The monoisotopic (exact) mass is 403 g/mol. The van der Waals surface area contributed by atoms with Gasteiger partial charge in [-0.25, -0.2) is 0 Å². The van der Waals surface area contributed by atoms with Gasteiger partial charge in [-0.2, -0.15) is 0 Å². The fraction of sp³-hybridized carbons (Fsp3) is 0.765. The van der Waals surface area contributed by atoms with Gasteiger partial charge in [-0.3, -0.25) is 24.1 Å². The minimum atomic E-state index is -0.206. The van der Waals surface area contributed by atoms with Crippen molar-refractivity contribution in [3.63, 3.8) is 0 Å². The van der Waals surface area contributed by atoms with Crippen LogP contribution in [0.4, 0.5) is 0 Å². The van der Waals surface area contributed by atoms with Crippen LogP contribution in [0.25, 0.3) is 0 Å². The van der Waals surface area contributed by atoms with Gasteiger partial charge in [0.25, 0.3) is 0 Å². The Morgan fingerprint density at radius 2 is 0.964 bits per heavy atom. The molecule has 0 saturated carbocycles. The highest BCUT2D eigenvalue weighted by molar-refractivity contribution is 5.81. The lowest BCUT2D eigenvalue weighted by molar-refractivity contribution is -0.125. The van der Waals surface area contributed by atoms with Crippen LogP contribution in [0.15, 0.2) is 0 Å². The highest BCUT2D eigenvalue weighted by atomic mass is 16.5. The molecule has 0 heterocycles. The third-order valence-corrected chi connectivity index (χ3v) is 3.20. The first-order valence-corrected chi connectivity index (χ1v) is 9.17. The van der Waals surface area contributed by atoms with Gasteiger partial charge in [-0.15, -0.1) is 0 Å². The van der Waals surface area contributed by atoms with Crippen molar-refractivity contribution in [2.24, 2.45) is 0 Å². The zero-order valence-electron chi connectivity index (χ0n) is 17.0. The first-order chi connectivity index (χ1) is 13.3. The zero-order chi connectivity index (χ0) is 21.2. The summed E-state index contributed by atoms with van der Waals surface area (Å²) >= 11 is 0. The lowest BCUT2D eigenvalue weighted by atomic mass is 10.4. The first kappa shape index (κ1) is 25.8. The maximum absolute atomic E-state index is 11.8. The summed E-state index contributed by atoms with van der Waals surface area (Å²) in [6.07, 6.45) is 0. The highest BCUT2D eigenvalue weighted by Gasteiger charge is 2.10. The van der Waals surface area contributed by atoms with E-state index in [0.717, 1.165) is 0 Å². The smallest absolute Gasteiger partial charge is 0.234 e. The molecule has 0 saturated heterocycles. The number of hydrogen-bond donors (Lipinski definition) is 4. The Kier molecular flexibility index (Phi) is 15.5. The Hall–Kier alpha value is -2.24. The minimum absolute atomic E-state index is 0.0898. The van der Waals surface area contributed by atoms with Gasteiger partial charge >= 0.3 is 0 Å². The molecule has 0 aliphatic carbocycles.